The Bertz CT molecular complexity index is 304. The third kappa shape index (κ3) is 2.25. The minimum atomic E-state index is -0.00838. The van der Waals surface area contributed by atoms with Crippen molar-refractivity contribution in [2.24, 2.45) is 5.92 Å². The fraction of sp³-hybridized carbons (Fsp3) is 0.556. The zero-order chi connectivity index (χ0) is 10.6. The van der Waals surface area contributed by atoms with Gasteiger partial charge in [-0.2, -0.15) is 5.10 Å². The second-order valence-electron chi connectivity index (χ2n) is 3.20. The summed E-state index contributed by atoms with van der Waals surface area (Å²) in [7, 11) is 0. The molecule has 4 N–H and O–H groups in total. The van der Waals surface area contributed by atoms with Crippen molar-refractivity contribution < 1.29 is 4.79 Å². The van der Waals surface area contributed by atoms with Crippen LogP contribution in [0.1, 0.15) is 26.7 Å². The number of carbonyl (C=O) groups excluding carboxylic acids is 1. The van der Waals surface area contributed by atoms with Gasteiger partial charge < -0.3 is 11.1 Å². The smallest absolute Gasteiger partial charge is 0.228 e. The molecule has 5 nitrogen and oxygen atoms in total. The first kappa shape index (κ1) is 10.6. The van der Waals surface area contributed by atoms with Gasteiger partial charge in [-0.3, -0.25) is 9.89 Å². The molecule has 0 bridgehead atoms. The average Bonchev–Trinajstić information content (AvgIpc) is 2.54. The molecule has 0 unspecified atom stereocenters. The van der Waals surface area contributed by atoms with Gasteiger partial charge in [-0.25, -0.2) is 0 Å². The van der Waals surface area contributed by atoms with Crippen LogP contribution in [-0.4, -0.2) is 16.1 Å². The molecular formula is C9H16N4O. The Morgan fingerprint density at radius 1 is 1.64 bits per heavy atom. The SMILES string of the molecule is CCC(CC)C(=O)Nc1[nH]ncc1N. The summed E-state index contributed by atoms with van der Waals surface area (Å²) in [6, 6.07) is 0. The van der Waals surface area contributed by atoms with Crippen molar-refractivity contribution in [2.45, 2.75) is 26.7 Å². The van der Waals surface area contributed by atoms with E-state index in [2.05, 4.69) is 15.5 Å². The Morgan fingerprint density at radius 2 is 2.29 bits per heavy atom. The van der Waals surface area contributed by atoms with Crippen molar-refractivity contribution >= 4 is 17.4 Å². The van der Waals surface area contributed by atoms with Crippen LogP contribution in [0.4, 0.5) is 11.5 Å². The van der Waals surface area contributed by atoms with Gasteiger partial charge in [0.2, 0.25) is 5.91 Å². The summed E-state index contributed by atoms with van der Waals surface area (Å²) in [5.74, 6) is 0.519. The number of rotatable bonds is 4. The van der Waals surface area contributed by atoms with Crippen molar-refractivity contribution in [3.8, 4) is 0 Å². The number of nitrogens with one attached hydrogen (secondary N) is 2. The van der Waals surface area contributed by atoms with Gasteiger partial charge in [-0.15, -0.1) is 0 Å². The van der Waals surface area contributed by atoms with Gasteiger partial charge in [0, 0.05) is 5.92 Å². The minimum Gasteiger partial charge on any atom is -0.394 e. The van der Waals surface area contributed by atoms with Crippen LogP contribution in [0, 0.1) is 5.92 Å². The number of hydrogen-bond donors (Lipinski definition) is 3. The second-order valence-corrected chi connectivity index (χ2v) is 3.20. The number of nitrogen functional groups attached to an aromatic ring is 1. The third-order valence-corrected chi connectivity index (χ3v) is 2.27. The lowest BCUT2D eigenvalue weighted by molar-refractivity contribution is -0.120. The average molecular weight is 196 g/mol. The van der Waals surface area contributed by atoms with Crippen LogP contribution in [0.15, 0.2) is 6.20 Å². The molecule has 0 radical (unpaired) electrons. The lowest BCUT2D eigenvalue weighted by atomic mass is 10.0. The molecule has 0 spiro atoms. The van der Waals surface area contributed by atoms with E-state index in [1.807, 2.05) is 13.8 Å². The number of H-pyrrole nitrogens is 1. The summed E-state index contributed by atoms with van der Waals surface area (Å²) in [5, 5.41) is 9.06. The second kappa shape index (κ2) is 4.64. The maximum atomic E-state index is 11.6. The van der Waals surface area contributed by atoms with E-state index in [0.717, 1.165) is 12.8 Å². The summed E-state index contributed by atoms with van der Waals surface area (Å²) >= 11 is 0. The molecule has 1 heterocycles. The van der Waals surface area contributed by atoms with Gasteiger partial charge in [0.1, 0.15) is 0 Å². The first-order valence-electron chi connectivity index (χ1n) is 4.78. The quantitative estimate of drug-likeness (QED) is 0.680. The van der Waals surface area contributed by atoms with E-state index >= 15 is 0 Å². The Balaban J connectivity index is 2.61. The zero-order valence-corrected chi connectivity index (χ0v) is 8.50. The van der Waals surface area contributed by atoms with Crippen LogP contribution in [0.2, 0.25) is 0 Å². The predicted molar refractivity (Wildman–Crippen MR) is 55.7 cm³/mol. The van der Waals surface area contributed by atoms with E-state index in [-0.39, 0.29) is 11.8 Å². The Kier molecular flexibility index (Phi) is 3.50. The predicted octanol–water partition coefficient (Wildman–Crippen LogP) is 1.37. The fourth-order valence-corrected chi connectivity index (χ4v) is 1.28. The highest BCUT2D eigenvalue weighted by Crippen LogP contribution is 2.15. The summed E-state index contributed by atoms with van der Waals surface area (Å²) in [5.41, 5.74) is 6.03. The van der Waals surface area contributed by atoms with Crippen molar-refractivity contribution in [3.05, 3.63) is 6.20 Å². The van der Waals surface area contributed by atoms with Crippen molar-refractivity contribution in [1.82, 2.24) is 10.2 Å². The van der Waals surface area contributed by atoms with E-state index < -0.39 is 0 Å². The minimum absolute atomic E-state index is 0.00838. The molecule has 14 heavy (non-hydrogen) atoms. The molecule has 0 aliphatic heterocycles. The van der Waals surface area contributed by atoms with Crippen LogP contribution in [0.3, 0.4) is 0 Å². The monoisotopic (exact) mass is 196 g/mol. The highest BCUT2D eigenvalue weighted by molar-refractivity contribution is 5.93. The van der Waals surface area contributed by atoms with Crippen LogP contribution < -0.4 is 11.1 Å². The van der Waals surface area contributed by atoms with E-state index in [1.54, 1.807) is 0 Å². The number of hydrogen-bond acceptors (Lipinski definition) is 3. The highest BCUT2D eigenvalue weighted by atomic mass is 16.1. The molecule has 1 aromatic heterocycles. The molecule has 0 aliphatic carbocycles. The summed E-state index contributed by atoms with van der Waals surface area (Å²) in [6.07, 6.45) is 3.13. The molecule has 78 valence electrons. The van der Waals surface area contributed by atoms with Crippen LogP contribution in [-0.2, 0) is 4.79 Å². The summed E-state index contributed by atoms with van der Waals surface area (Å²) in [6.45, 7) is 3.98. The molecule has 5 heteroatoms. The van der Waals surface area contributed by atoms with Crippen molar-refractivity contribution in [3.63, 3.8) is 0 Å². The molecule has 0 saturated heterocycles. The summed E-state index contributed by atoms with van der Waals surface area (Å²) in [4.78, 5) is 11.6. The maximum absolute atomic E-state index is 11.6. The standard InChI is InChI=1S/C9H16N4O/c1-3-6(4-2)9(14)12-8-7(10)5-11-13-8/h5-6H,3-4,10H2,1-2H3,(H2,11,12,13,14). The Labute approximate surface area is 83.1 Å². The first-order valence-corrected chi connectivity index (χ1v) is 4.78. The number of anilines is 2. The van der Waals surface area contributed by atoms with Crippen LogP contribution >= 0.6 is 0 Å². The zero-order valence-electron chi connectivity index (χ0n) is 8.50. The number of aromatic nitrogens is 2. The van der Waals surface area contributed by atoms with Crippen LogP contribution in [0.25, 0.3) is 0 Å². The van der Waals surface area contributed by atoms with E-state index in [1.165, 1.54) is 6.20 Å². The lowest BCUT2D eigenvalue weighted by Gasteiger charge is -2.11. The van der Waals surface area contributed by atoms with E-state index in [9.17, 15) is 4.79 Å². The molecule has 1 rings (SSSR count). The highest BCUT2D eigenvalue weighted by Gasteiger charge is 2.15. The normalized spacial score (nSPS) is 10.5. The van der Waals surface area contributed by atoms with Gasteiger partial charge in [0.15, 0.2) is 5.82 Å². The molecule has 1 amide bonds. The van der Waals surface area contributed by atoms with Crippen molar-refractivity contribution in [2.75, 3.05) is 11.1 Å². The number of aromatic amines is 1. The van der Waals surface area contributed by atoms with Crippen LogP contribution in [0.5, 0.6) is 0 Å². The third-order valence-electron chi connectivity index (χ3n) is 2.27. The molecule has 0 fully saturated rings. The number of nitrogens with two attached hydrogens (primary N) is 1. The van der Waals surface area contributed by atoms with Gasteiger partial charge in [0.25, 0.3) is 0 Å². The number of carbonyl (C=O) groups is 1. The number of nitrogens with zero attached hydrogens (tertiary/aromatic N) is 1. The maximum Gasteiger partial charge on any atom is 0.228 e. The van der Waals surface area contributed by atoms with Crippen molar-refractivity contribution in [1.29, 1.82) is 0 Å². The van der Waals surface area contributed by atoms with Gasteiger partial charge in [-0.05, 0) is 12.8 Å². The van der Waals surface area contributed by atoms with Gasteiger partial charge in [-0.1, -0.05) is 13.8 Å². The molecule has 0 saturated carbocycles. The fourth-order valence-electron chi connectivity index (χ4n) is 1.28. The first-order chi connectivity index (χ1) is 6.69. The number of amides is 1. The largest absolute Gasteiger partial charge is 0.394 e. The molecule has 0 aromatic carbocycles. The lowest BCUT2D eigenvalue weighted by Crippen LogP contribution is -2.22. The van der Waals surface area contributed by atoms with Gasteiger partial charge >= 0.3 is 0 Å². The van der Waals surface area contributed by atoms with Gasteiger partial charge in [0.05, 0.1) is 11.9 Å². The topological polar surface area (TPSA) is 83.8 Å². The Morgan fingerprint density at radius 3 is 2.71 bits per heavy atom. The Hall–Kier alpha value is -1.52. The summed E-state index contributed by atoms with van der Waals surface area (Å²) < 4.78 is 0. The molecule has 0 atom stereocenters. The molecule has 1 aromatic rings. The van der Waals surface area contributed by atoms with E-state index in [4.69, 9.17) is 5.73 Å². The van der Waals surface area contributed by atoms with E-state index in [0.29, 0.717) is 11.5 Å². The molecular weight excluding hydrogens is 180 g/mol. The molecule has 0 aliphatic rings.